The Kier molecular flexibility index (Phi) is 5.49. The van der Waals surface area contributed by atoms with E-state index in [0.717, 1.165) is 25.8 Å². The lowest BCUT2D eigenvalue weighted by Gasteiger charge is -2.42. The number of nitrogens with zero attached hydrogens (tertiary/aromatic N) is 1. The van der Waals surface area contributed by atoms with Gasteiger partial charge in [0.05, 0.1) is 6.61 Å². The summed E-state index contributed by atoms with van der Waals surface area (Å²) in [6.07, 6.45) is 8.65. The fraction of sp³-hybridized carbons (Fsp3) is 1.00. The van der Waals surface area contributed by atoms with Crippen molar-refractivity contribution >= 4 is 0 Å². The van der Waals surface area contributed by atoms with E-state index in [1.165, 1.54) is 38.8 Å². The summed E-state index contributed by atoms with van der Waals surface area (Å²) < 4.78 is 0. The van der Waals surface area contributed by atoms with Crippen molar-refractivity contribution < 1.29 is 5.11 Å². The van der Waals surface area contributed by atoms with Crippen LogP contribution in [0.1, 0.15) is 65.7 Å². The van der Waals surface area contributed by atoms with Gasteiger partial charge in [0, 0.05) is 11.6 Å². The van der Waals surface area contributed by atoms with Crippen molar-refractivity contribution in [1.82, 2.24) is 10.2 Å². The number of piperidine rings is 1. The summed E-state index contributed by atoms with van der Waals surface area (Å²) in [4.78, 5) is 2.70. The number of nitrogens with one attached hydrogen (secondary N) is 1. The Morgan fingerprint density at radius 1 is 1.20 bits per heavy atom. The second-order valence-corrected chi connectivity index (χ2v) is 7.46. The van der Waals surface area contributed by atoms with Gasteiger partial charge in [-0.05, 0) is 63.6 Å². The molecule has 0 radical (unpaired) electrons. The number of hydrogen-bond donors (Lipinski definition) is 2. The molecule has 2 N–H and O–H groups in total. The molecule has 1 saturated heterocycles. The fourth-order valence-corrected chi connectivity index (χ4v) is 3.94. The third-order valence-corrected chi connectivity index (χ3v) is 6.01. The maximum Gasteiger partial charge on any atom is 0.0613 e. The van der Waals surface area contributed by atoms with Gasteiger partial charge in [-0.25, -0.2) is 0 Å². The Morgan fingerprint density at radius 3 is 2.45 bits per heavy atom. The molecular formula is C17H34N2O. The summed E-state index contributed by atoms with van der Waals surface area (Å²) in [7, 11) is 0. The summed E-state index contributed by atoms with van der Waals surface area (Å²) in [5.41, 5.74) is 0.579. The van der Waals surface area contributed by atoms with E-state index in [1.54, 1.807) is 0 Å². The second-order valence-electron chi connectivity index (χ2n) is 7.46. The third kappa shape index (κ3) is 3.55. The molecule has 2 atom stereocenters. The lowest BCUT2D eigenvalue weighted by Crippen LogP contribution is -2.49. The average molecular weight is 282 g/mol. The molecule has 1 heterocycles. The molecule has 1 saturated carbocycles. The van der Waals surface area contributed by atoms with E-state index < -0.39 is 0 Å². The molecule has 0 bridgehead atoms. The molecule has 1 aliphatic carbocycles. The Balaban J connectivity index is 1.86. The van der Waals surface area contributed by atoms with Gasteiger partial charge >= 0.3 is 0 Å². The minimum atomic E-state index is 0.00613. The Morgan fingerprint density at radius 2 is 1.90 bits per heavy atom. The lowest BCUT2D eigenvalue weighted by atomic mass is 9.78. The fourth-order valence-electron chi connectivity index (χ4n) is 3.94. The smallest absolute Gasteiger partial charge is 0.0613 e. The first-order valence-electron chi connectivity index (χ1n) is 8.66. The number of likely N-dealkylation sites (tertiary alicyclic amines) is 1. The summed E-state index contributed by atoms with van der Waals surface area (Å²) >= 11 is 0. The highest BCUT2D eigenvalue weighted by molar-refractivity contribution is 5.00. The first kappa shape index (κ1) is 16.3. The zero-order valence-corrected chi connectivity index (χ0v) is 13.7. The number of aliphatic hydroxyl groups is 1. The minimum absolute atomic E-state index is 0.00613. The Labute approximate surface area is 125 Å². The number of aliphatic hydroxyl groups excluding tert-OH is 1. The molecule has 2 fully saturated rings. The average Bonchev–Trinajstić information content (AvgIpc) is 2.91. The SMILES string of the molecule is CCCNC1(CO)CCC(N2CCC(C)(CC)CC2)C1. The van der Waals surface area contributed by atoms with Crippen LogP contribution in [0.5, 0.6) is 0 Å². The standard InChI is InChI=1S/C17H34N2O/c1-4-10-18-17(14-20)7-6-15(13-17)19-11-8-16(3,5-2)9-12-19/h15,18,20H,4-14H2,1-3H3. The van der Waals surface area contributed by atoms with E-state index in [1.807, 2.05) is 0 Å². The van der Waals surface area contributed by atoms with Crippen LogP contribution in [0, 0.1) is 5.41 Å². The van der Waals surface area contributed by atoms with Crippen molar-refractivity contribution in [2.75, 3.05) is 26.2 Å². The van der Waals surface area contributed by atoms with Crippen LogP contribution in [0.25, 0.3) is 0 Å². The molecule has 0 amide bonds. The van der Waals surface area contributed by atoms with E-state index in [0.29, 0.717) is 18.1 Å². The van der Waals surface area contributed by atoms with Crippen LogP contribution in [-0.2, 0) is 0 Å². The maximum atomic E-state index is 9.80. The van der Waals surface area contributed by atoms with E-state index in [4.69, 9.17) is 0 Å². The van der Waals surface area contributed by atoms with Crippen molar-refractivity contribution in [3.05, 3.63) is 0 Å². The first-order chi connectivity index (χ1) is 9.56. The van der Waals surface area contributed by atoms with Gasteiger partial charge in [-0.15, -0.1) is 0 Å². The van der Waals surface area contributed by atoms with Crippen LogP contribution >= 0.6 is 0 Å². The molecule has 1 aliphatic heterocycles. The van der Waals surface area contributed by atoms with Gasteiger partial charge in [-0.3, -0.25) is 0 Å². The van der Waals surface area contributed by atoms with Gasteiger partial charge in [-0.1, -0.05) is 27.2 Å². The predicted octanol–water partition coefficient (Wildman–Crippen LogP) is 2.78. The van der Waals surface area contributed by atoms with Crippen molar-refractivity contribution in [3.8, 4) is 0 Å². The van der Waals surface area contributed by atoms with Gasteiger partial charge in [-0.2, -0.15) is 0 Å². The number of rotatable bonds is 6. The molecule has 3 nitrogen and oxygen atoms in total. The van der Waals surface area contributed by atoms with E-state index in [2.05, 4.69) is 31.0 Å². The molecule has 0 aromatic heterocycles. The number of hydrogen-bond acceptors (Lipinski definition) is 3. The van der Waals surface area contributed by atoms with Gasteiger partial charge in [0.1, 0.15) is 0 Å². The Bertz CT molecular complexity index is 299. The minimum Gasteiger partial charge on any atom is -0.394 e. The van der Waals surface area contributed by atoms with Crippen LogP contribution in [0.3, 0.4) is 0 Å². The second kappa shape index (κ2) is 6.76. The molecule has 2 aliphatic rings. The first-order valence-corrected chi connectivity index (χ1v) is 8.66. The molecular weight excluding hydrogens is 248 g/mol. The van der Waals surface area contributed by atoms with E-state index >= 15 is 0 Å². The molecule has 2 rings (SSSR count). The van der Waals surface area contributed by atoms with Crippen LogP contribution in [0.15, 0.2) is 0 Å². The van der Waals surface area contributed by atoms with Crippen LogP contribution in [-0.4, -0.2) is 47.8 Å². The molecule has 2 unspecified atom stereocenters. The zero-order valence-electron chi connectivity index (χ0n) is 13.7. The largest absolute Gasteiger partial charge is 0.394 e. The predicted molar refractivity (Wildman–Crippen MR) is 85.0 cm³/mol. The zero-order chi connectivity index (χ0) is 14.6. The molecule has 0 spiro atoms. The van der Waals surface area contributed by atoms with Crippen molar-refractivity contribution in [3.63, 3.8) is 0 Å². The topological polar surface area (TPSA) is 35.5 Å². The van der Waals surface area contributed by atoms with Gasteiger partial charge < -0.3 is 15.3 Å². The Hall–Kier alpha value is -0.120. The monoisotopic (exact) mass is 282 g/mol. The van der Waals surface area contributed by atoms with Gasteiger partial charge in [0.25, 0.3) is 0 Å². The van der Waals surface area contributed by atoms with Crippen molar-refractivity contribution in [2.24, 2.45) is 5.41 Å². The van der Waals surface area contributed by atoms with Crippen LogP contribution in [0.2, 0.25) is 0 Å². The summed E-state index contributed by atoms with van der Waals surface area (Å²) in [5, 5.41) is 13.4. The van der Waals surface area contributed by atoms with Crippen LogP contribution < -0.4 is 5.32 Å². The quantitative estimate of drug-likeness (QED) is 0.786. The van der Waals surface area contributed by atoms with Gasteiger partial charge in [0.2, 0.25) is 0 Å². The van der Waals surface area contributed by atoms with E-state index in [9.17, 15) is 5.11 Å². The molecule has 3 heteroatoms. The van der Waals surface area contributed by atoms with E-state index in [-0.39, 0.29) is 5.54 Å². The highest BCUT2D eigenvalue weighted by atomic mass is 16.3. The molecule has 118 valence electrons. The third-order valence-electron chi connectivity index (χ3n) is 6.01. The molecule has 0 aromatic rings. The van der Waals surface area contributed by atoms with Crippen LogP contribution in [0.4, 0.5) is 0 Å². The summed E-state index contributed by atoms with van der Waals surface area (Å²) in [6.45, 7) is 10.8. The molecule has 0 aromatic carbocycles. The summed E-state index contributed by atoms with van der Waals surface area (Å²) in [5.74, 6) is 0. The van der Waals surface area contributed by atoms with Gasteiger partial charge in [0.15, 0.2) is 0 Å². The maximum absolute atomic E-state index is 9.80. The normalized spacial score (nSPS) is 34.5. The highest BCUT2D eigenvalue weighted by Crippen LogP contribution is 2.39. The van der Waals surface area contributed by atoms with Crippen molar-refractivity contribution in [2.45, 2.75) is 77.3 Å². The summed E-state index contributed by atoms with van der Waals surface area (Å²) in [6, 6.07) is 0.688. The van der Waals surface area contributed by atoms with Crippen molar-refractivity contribution in [1.29, 1.82) is 0 Å². The lowest BCUT2D eigenvalue weighted by molar-refractivity contribution is 0.0748. The highest BCUT2D eigenvalue weighted by Gasteiger charge is 2.41. The molecule has 20 heavy (non-hydrogen) atoms.